The van der Waals surface area contributed by atoms with Gasteiger partial charge in [0.2, 0.25) is 5.91 Å². The maximum absolute atomic E-state index is 12.2. The number of carbonyl (C=O) groups excluding carboxylic acids is 1. The lowest BCUT2D eigenvalue weighted by Crippen LogP contribution is -2.45. The van der Waals surface area contributed by atoms with Crippen molar-refractivity contribution in [1.29, 1.82) is 0 Å². The number of aliphatic hydroxyl groups is 1. The fraction of sp³-hybridized carbons (Fsp3) is 0.875. The van der Waals surface area contributed by atoms with Gasteiger partial charge in [0.1, 0.15) is 13.2 Å². The van der Waals surface area contributed by atoms with Crippen molar-refractivity contribution in [2.75, 3.05) is 40.9 Å². The van der Waals surface area contributed by atoms with Crippen molar-refractivity contribution >= 4 is 13.7 Å². The molecule has 1 amide bonds. The number of nitrogens with zero attached hydrogens (tertiary/aromatic N) is 1. The zero-order chi connectivity index (χ0) is 25.2. The van der Waals surface area contributed by atoms with E-state index < -0.39 is 20.0 Å². The Balaban J connectivity index is 4.64. The number of hydrogen-bond acceptors (Lipinski definition) is 6. The van der Waals surface area contributed by atoms with Gasteiger partial charge in [-0.25, -0.2) is 0 Å². The molecule has 0 aromatic rings. The first-order valence-corrected chi connectivity index (χ1v) is 14.0. The van der Waals surface area contributed by atoms with E-state index in [1.807, 2.05) is 34.1 Å². The van der Waals surface area contributed by atoms with Crippen LogP contribution in [0.5, 0.6) is 0 Å². The quantitative estimate of drug-likeness (QED) is 0.109. The van der Waals surface area contributed by atoms with E-state index in [0.717, 1.165) is 32.1 Å². The van der Waals surface area contributed by atoms with Crippen molar-refractivity contribution in [2.24, 2.45) is 0 Å². The molecule has 0 radical (unpaired) electrons. The van der Waals surface area contributed by atoms with Crippen LogP contribution in [-0.4, -0.2) is 68.5 Å². The summed E-state index contributed by atoms with van der Waals surface area (Å²) in [6.45, 7) is 4.30. The first-order valence-electron chi connectivity index (χ1n) is 12.6. The van der Waals surface area contributed by atoms with Gasteiger partial charge in [-0.15, -0.1) is 0 Å². The molecule has 8 nitrogen and oxygen atoms in total. The average molecular weight is 493 g/mol. The maximum Gasteiger partial charge on any atom is 0.268 e. The van der Waals surface area contributed by atoms with Gasteiger partial charge in [-0.3, -0.25) is 9.36 Å². The highest BCUT2D eigenvalue weighted by Gasteiger charge is 2.23. The van der Waals surface area contributed by atoms with Gasteiger partial charge in [-0.1, -0.05) is 70.9 Å². The first kappa shape index (κ1) is 32.2. The molecule has 3 unspecified atom stereocenters. The Kier molecular flexibility index (Phi) is 18.1. The van der Waals surface area contributed by atoms with Crippen LogP contribution in [0.2, 0.25) is 0 Å². The van der Waals surface area contributed by atoms with Gasteiger partial charge in [0, 0.05) is 6.42 Å². The first-order chi connectivity index (χ1) is 15.5. The Morgan fingerprint density at radius 2 is 1.64 bits per heavy atom. The molecule has 3 atom stereocenters. The summed E-state index contributed by atoms with van der Waals surface area (Å²) in [5.74, 6) is -0.239. The number of quaternary nitrogens is 1. The zero-order valence-corrected chi connectivity index (χ0v) is 22.5. The van der Waals surface area contributed by atoms with Crippen molar-refractivity contribution < 1.29 is 32.9 Å². The maximum atomic E-state index is 12.2. The van der Waals surface area contributed by atoms with Gasteiger partial charge < -0.3 is 28.8 Å². The van der Waals surface area contributed by atoms with E-state index in [1.165, 1.54) is 32.1 Å². The molecule has 0 aliphatic heterocycles. The summed E-state index contributed by atoms with van der Waals surface area (Å²) in [6.07, 6.45) is 13.7. The summed E-state index contributed by atoms with van der Waals surface area (Å²) >= 11 is 0. The molecule has 0 spiro atoms. The van der Waals surface area contributed by atoms with Gasteiger partial charge >= 0.3 is 0 Å². The van der Waals surface area contributed by atoms with Crippen LogP contribution in [0.4, 0.5) is 0 Å². The Morgan fingerprint density at radius 1 is 1.03 bits per heavy atom. The van der Waals surface area contributed by atoms with Gasteiger partial charge in [0.15, 0.2) is 0 Å². The number of likely N-dealkylation sites (N-methyl/N-ethyl adjacent to an activating group) is 1. The number of phosphoric ester groups is 1. The predicted molar refractivity (Wildman–Crippen MR) is 132 cm³/mol. The number of allylic oxidation sites excluding steroid dienone is 1. The number of carbonyl (C=O) groups is 1. The molecule has 0 bridgehead atoms. The Bertz CT molecular complexity index is 580. The lowest BCUT2D eigenvalue weighted by molar-refractivity contribution is -0.870. The van der Waals surface area contributed by atoms with Gasteiger partial charge in [0.25, 0.3) is 7.82 Å². The SMILES string of the molecule is CCCCCCCCC/C=C/C(O)C(COP(=O)([O-])OCC[N+](C)(C)C)NC(=O)CCCC. The second-order valence-electron chi connectivity index (χ2n) is 9.70. The van der Waals surface area contributed by atoms with Crippen molar-refractivity contribution in [1.82, 2.24) is 5.32 Å². The number of aliphatic hydroxyl groups excluding tert-OH is 1. The van der Waals surface area contributed by atoms with Gasteiger partial charge in [-0.05, 0) is 19.3 Å². The number of amides is 1. The monoisotopic (exact) mass is 492 g/mol. The van der Waals surface area contributed by atoms with Crippen LogP contribution in [0, 0.1) is 0 Å². The molecule has 0 saturated heterocycles. The second kappa shape index (κ2) is 18.6. The van der Waals surface area contributed by atoms with E-state index in [-0.39, 0.29) is 19.1 Å². The summed E-state index contributed by atoms with van der Waals surface area (Å²) in [5, 5.41) is 13.2. The van der Waals surface area contributed by atoms with E-state index >= 15 is 0 Å². The smallest absolute Gasteiger partial charge is 0.268 e. The largest absolute Gasteiger partial charge is 0.756 e. The van der Waals surface area contributed by atoms with Crippen molar-refractivity contribution in [2.45, 2.75) is 96.6 Å². The highest BCUT2D eigenvalue weighted by atomic mass is 31.2. The minimum Gasteiger partial charge on any atom is -0.756 e. The molecule has 0 aliphatic rings. The molecule has 0 aliphatic carbocycles. The van der Waals surface area contributed by atoms with Crippen LogP contribution < -0.4 is 10.2 Å². The molecule has 2 N–H and O–H groups in total. The predicted octanol–water partition coefficient (Wildman–Crippen LogP) is 3.93. The molecule has 33 heavy (non-hydrogen) atoms. The summed E-state index contributed by atoms with van der Waals surface area (Å²) in [4.78, 5) is 24.3. The van der Waals surface area contributed by atoms with E-state index in [9.17, 15) is 19.4 Å². The molecule has 196 valence electrons. The molecule has 0 heterocycles. The number of hydrogen-bond donors (Lipinski definition) is 2. The van der Waals surface area contributed by atoms with Gasteiger partial charge in [0.05, 0.1) is 39.9 Å². The zero-order valence-electron chi connectivity index (χ0n) is 21.6. The summed E-state index contributed by atoms with van der Waals surface area (Å²) in [5.41, 5.74) is 0. The average Bonchev–Trinajstić information content (AvgIpc) is 2.72. The highest BCUT2D eigenvalue weighted by molar-refractivity contribution is 7.45. The van der Waals surface area contributed by atoms with Crippen LogP contribution >= 0.6 is 7.82 Å². The molecular formula is C24H49N2O6P. The number of nitrogens with one attached hydrogen (secondary N) is 1. The minimum atomic E-state index is -4.54. The summed E-state index contributed by atoms with van der Waals surface area (Å²) < 4.78 is 22.5. The van der Waals surface area contributed by atoms with Crippen LogP contribution in [0.15, 0.2) is 12.2 Å². The normalized spacial score (nSPS) is 16.0. The van der Waals surface area contributed by atoms with E-state index in [4.69, 9.17) is 9.05 Å². The molecule has 0 aromatic carbocycles. The third kappa shape index (κ3) is 20.3. The summed E-state index contributed by atoms with van der Waals surface area (Å²) in [7, 11) is 1.25. The van der Waals surface area contributed by atoms with E-state index in [2.05, 4.69) is 12.2 Å². The Morgan fingerprint density at radius 3 is 2.24 bits per heavy atom. The Labute approximate surface area is 201 Å². The molecule has 0 rings (SSSR count). The van der Waals surface area contributed by atoms with E-state index in [1.54, 1.807) is 6.08 Å². The van der Waals surface area contributed by atoms with E-state index in [0.29, 0.717) is 17.4 Å². The lowest BCUT2D eigenvalue weighted by Gasteiger charge is -2.29. The minimum absolute atomic E-state index is 0.00129. The highest BCUT2D eigenvalue weighted by Crippen LogP contribution is 2.38. The van der Waals surface area contributed by atoms with Crippen LogP contribution in [-0.2, 0) is 18.4 Å². The van der Waals surface area contributed by atoms with Crippen LogP contribution in [0.3, 0.4) is 0 Å². The molecule has 9 heteroatoms. The molecule has 0 aromatic heterocycles. The number of unbranched alkanes of at least 4 members (excludes halogenated alkanes) is 8. The molecular weight excluding hydrogens is 443 g/mol. The second-order valence-corrected chi connectivity index (χ2v) is 11.1. The molecule has 0 saturated carbocycles. The third-order valence-corrected chi connectivity index (χ3v) is 6.21. The molecule has 0 fully saturated rings. The van der Waals surface area contributed by atoms with Gasteiger partial charge in [-0.2, -0.15) is 0 Å². The van der Waals surface area contributed by atoms with Crippen LogP contribution in [0.25, 0.3) is 0 Å². The topological polar surface area (TPSA) is 108 Å². The van der Waals surface area contributed by atoms with Crippen molar-refractivity contribution in [3.05, 3.63) is 12.2 Å². The standard InChI is InChI=1S/C24H49N2O6P/c1-6-8-10-11-12-13-14-15-16-17-23(27)22(25-24(28)18-9-7-2)21-32-33(29,30)31-20-19-26(3,4)5/h16-17,22-23,27H,6-15,18-21H2,1-5H3,(H-,25,28,29,30)/b17-16+. The number of phosphoric acid groups is 1. The lowest BCUT2D eigenvalue weighted by atomic mass is 10.1. The summed E-state index contributed by atoms with van der Waals surface area (Å²) in [6, 6.07) is -0.871. The number of rotatable bonds is 21. The Hall–Kier alpha value is -0.760. The fourth-order valence-electron chi connectivity index (χ4n) is 3.07. The fourth-order valence-corrected chi connectivity index (χ4v) is 3.79. The van der Waals surface area contributed by atoms with Crippen molar-refractivity contribution in [3.8, 4) is 0 Å². The van der Waals surface area contributed by atoms with Crippen LogP contribution in [0.1, 0.15) is 84.5 Å². The third-order valence-electron chi connectivity index (χ3n) is 5.25. The van der Waals surface area contributed by atoms with Crippen molar-refractivity contribution in [3.63, 3.8) is 0 Å².